The molecule has 4 aliphatic heterocycles. The molecule has 5 amide bonds. The Labute approximate surface area is 602 Å². The molecule has 3 saturated heterocycles. The molecule has 3 fully saturated rings. The minimum absolute atomic E-state index is 0.00306. The first-order valence-electron chi connectivity index (χ1n) is 33.0. The fraction of sp³-hybridized carbons (Fsp3) is 0.417. The lowest BCUT2D eigenvalue weighted by atomic mass is 10.00. The molecule has 22 nitrogen and oxygen atoms in total. The van der Waals surface area contributed by atoms with E-state index in [0.29, 0.717) is 37.3 Å². The molecule has 4 aromatic carbocycles. The highest BCUT2D eigenvalue weighted by atomic mass is 32.1. The molecule has 0 aliphatic carbocycles. The van der Waals surface area contributed by atoms with Gasteiger partial charge in [0.25, 0.3) is 11.8 Å². The van der Waals surface area contributed by atoms with Gasteiger partial charge in [-0.1, -0.05) is 110 Å². The number of carbonyl (C=O) groups is 7. The lowest BCUT2D eigenvalue weighted by Gasteiger charge is -2.35. The van der Waals surface area contributed by atoms with Crippen molar-refractivity contribution in [2.75, 3.05) is 19.6 Å². The molecule has 9 atom stereocenters. The molecule has 2 unspecified atom stereocenters. The Bertz CT molecular complexity index is 4260. The summed E-state index contributed by atoms with van der Waals surface area (Å²) in [5.74, 6) is -4.92. The predicted octanol–water partition coefficient (Wildman–Crippen LogP) is 9.20. The van der Waals surface area contributed by atoms with Crippen molar-refractivity contribution in [2.24, 2.45) is 16.6 Å². The number of nitrogens with two attached hydrogens (primary N) is 1. The van der Waals surface area contributed by atoms with Crippen molar-refractivity contribution in [3.8, 4) is 31.3 Å². The number of halogens is 6. The molecule has 11 rings (SSSR count). The van der Waals surface area contributed by atoms with Gasteiger partial charge in [-0.05, 0) is 84.5 Å². The zero-order chi connectivity index (χ0) is 74.8. The smallest absolute Gasteiger partial charge is 0.391 e. The second-order valence-electron chi connectivity index (χ2n) is 25.9. The summed E-state index contributed by atoms with van der Waals surface area (Å²) < 4.78 is 78.3. The number of hydrogen-bond acceptors (Lipinski definition) is 18. The quantitative estimate of drug-likeness (QED) is 0.0136. The lowest BCUT2D eigenvalue weighted by Crippen LogP contribution is -2.57. The van der Waals surface area contributed by atoms with Gasteiger partial charge in [-0.25, -0.2) is 15.0 Å². The molecule has 0 bridgehead atoms. The number of β-amino-alcohol motifs (C(OH)–C–C–N with tert-alkyl or cyclic N) is 3. The maximum Gasteiger partial charge on any atom is 0.417 e. The number of nitrogens with one attached hydrogen (secondary N) is 2. The van der Waals surface area contributed by atoms with E-state index in [-0.39, 0.29) is 62.9 Å². The Morgan fingerprint density at radius 2 is 1.04 bits per heavy atom. The Hall–Kier alpha value is -9.16. The molecule has 546 valence electrons. The minimum Gasteiger partial charge on any atom is -0.391 e. The molecule has 3 aromatic heterocycles. The van der Waals surface area contributed by atoms with Crippen LogP contribution in [-0.2, 0) is 54.7 Å². The van der Waals surface area contributed by atoms with Crippen molar-refractivity contribution < 1.29 is 75.2 Å². The molecule has 103 heavy (non-hydrogen) atoms. The maximum atomic E-state index is 14.0. The van der Waals surface area contributed by atoms with Crippen LogP contribution in [0.25, 0.3) is 36.3 Å². The summed E-state index contributed by atoms with van der Waals surface area (Å²) in [4.78, 5) is 117. The summed E-state index contributed by atoms with van der Waals surface area (Å²) in [6.45, 7) is 18.0. The lowest BCUT2D eigenvalue weighted by molar-refractivity contribution is -0.179. The fourth-order valence-corrected chi connectivity index (χ4v) is 15.4. The first-order chi connectivity index (χ1) is 48.8. The van der Waals surface area contributed by atoms with E-state index in [1.54, 1.807) is 43.5 Å². The van der Waals surface area contributed by atoms with E-state index >= 15 is 0 Å². The predicted molar refractivity (Wildman–Crippen MR) is 375 cm³/mol. The average Bonchev–Trinajstić information content (AvgIpc) is 1.62. The van der Waals surface area contributed by atoms with Crippen LogP contribution in [0.2, 0.25) is 0 Å². The molecule has 7 N–H and O–H groups in total. The van der Waals surface area contributed by atoms with E-state index in [4.69, 9.17) is 12.3 Å². The topological polar surface area (TPSA) is 299 Å². The number of amidine groups is 1. The monoisotopic (exact) mass is 1480 g/mol. The highest BCUT2D eigenvalue weighted by molar-refractivity contribution is 7.14. The van der Waals surface area contributed by atoms with Crippen LogP contribution in [-0.4, -0.2) is 183 Å². The van der Waals surface area contributed by atoms with Gasteiger partial charge in [0.2, 0.25) is 23.8 Å². The van der Waals surface area contributed by atoms with E-state index in [9.17, 15) is 75.2 Å². The number of thiazole rings is 3. The standard InChI is InChI=1S/C30H32N6O3S.C22H24F3N3O4S.C20H22F3N3O3S/c1-18(2)26(36-15-22-7-5-6-8-24(22)29(36)38)30(39)35-16-23(37)13-25(35)28(34-31-4)32-14-20-9-11-21(12-10-20)27-19(3)33-17-40-27;1-12-19(33-11-26-12)15-6-3-14(4-7-15)5-8-18(31)17-9-16(30)10-28(17)21(32)20(22(23,24)25)27-13(2)29;1-11-17(30-10-25-11)13-5-2-12(3-6-13)4-7-16(28)15-8-14(27)9-26(15)19(29)18(24)20(21,22)23/h5-12,17-18,23,25-26,37H,13-16H2,1-3H3,(H,32,34);3-4,6-7,11,16-17,20,30H,5,8-10H2,1-2H3,(H,27,29);2-3,5-6,10,14-15,18,27H,4,7-9,24H2,1H3/t23-,25+,26+;16-,17+,20?;14-,15+,18?/m111/s1. The number of carbonyl (C=O) groups excluding carboxylic acids is 7. The second kappa shape index (κ2) is 34.0. The van der Waals surface area contributed by atoms with Gasteiger partial charge >= 0.3 is 12.4 Å². The SMILES string of the molecule is CC(=O)NC(C(=O)N1C[C@H](O)C[C@H]1C(=O)CCc1ccc(-c2scnc2C)cc1)C(F)(F)F.Cc1ncsc1-c1ccc(CCC(=O)[C@@H]2C[C@@H](O)CN2C(=O)C(N)C(F)(F)F)cc1.[C-]#[N+]NC(=NCc1ccc(-c2scnc2C)cc1)[C@@H]1C[C@@H](O)CN1C(=O)[C@H](C(C)C)N1Cc2ccccc2C1=O. The first-order valence-corrected chi connectivity index (χ1v) is 35.7. The van der Waals surface area contributed by atoms with Crippen molar-refractivity contribution in [3.05, 3.63) is 170 Å². The molecule has 7 heterocycles. The molecule has 31 heteroatoms. The largest absolute Gasteiger partial charge is 0.417 e. The van der Waals surface area contributed by atoms with Gasteiger partial charge in [0.15, 0.2) is 23.4 Å². The molecule has 0 saturated carbocycles. The zero-order valence-electron chi connectivity index (χ0n) is 57.0. The highest BCUT2D eigenvalue weighted by Crippen LogP contribution is 2.35. The summed E-state index contributed by atoms with van der Waals surface area (Å²) in [5.41, 5.74) is 23.2. The van der Waals surface area contributed by atoms with Gasteiger partial charge in [-0.2, -0.15) is 37.9 Å². The molecular formula is C72H78F6N12O10S3. The number of amides is 5. The van der Waals surface area contributed by atoms with Crippen LogP contribution in [0.15, 0.2) is 119 Å². The number of likely N-dealkylation sites (tertiary alicyclic amines) is 3. The molecule has 7 aromatic rings. The number of alkyl halides is 6. The summed E-state index contributed by atoms with van der Waals surface area (Å²) in [6.07, 6.45) is -12.1. The summed E-state index contributed by atoms with van der Waals surface area (Å²) in [5, 5.41) is 32.0. The van der Waals surface area contributed by atoms with Crippen molar-refractivity contribution in [2.45, 2.75) is 166 Å². The van der Waals surface area contributed by atoms with Gasteiger partial charge < -0.3 is 46.0 Å². The van der Waals surface area contributed by atoms with E-state index < -0.39 is 103 Å². The Morgan fingerprint density at radius 3 is 1.43 bits per heavy atom. The third-order valence-corrected chi connectivity index (χ3v) is 21.1. The van der Waals surface area contributed by atoms with Crippen LogP contribution in [0, 0.1) is 33.3 Å². The number of ketones is 2. The number of hydrogen-bond donors (Lipinski definition) is 6. The number of aliphatic hydroxyl groups excluding tert-OH is 3. The van der Waals surface area contributed by atoms with E-state index in [1.807, 2.05) is 131 Å². The molecule has 4 aliphatic rings. The number of nitrogens with zero attached hydrogens (tertiary/aromatic N) is 9. The number of Topliss-reactive ketones (excluding diaryl/α,β-unsaturated/α-hetero) is 2. The van der Waals surface area contributed by atoms with Crippen LogP contribution >= 0.6 is 34.0 Å². The number of fused-ring (bicyclic) bond motifs is 1. The van der Waals surface area contributed by atoms with Crippen LogP contribution in [0.3, 0.4) is 0 Å². The van der Waals surface area contributed by atoms with Crippen LogP contribution in [0.5, 0.6) is 0 Å². The van der Waals surface area contributed by atoms with Crippen LogP contribution in [0.4, 0.5) is 26.3 Å². The van der Waals surface area contributed by atoms with Gasteiger partial charge in [-0.15, -0.1) is 34.0 Å². The van der Waals surface area contributed by atoms with E-state index in [1.165, 1.54) is 22.7 Å². The minimum atomic E-state index is -5.03. The van der Waals surface area contributed by atoms with E-state index in [0.717, 1.165) is 87.4 Å². The summed E-state index contributed by atoms with van der Waals surface area (Å²) in [6, 6.07) is 21.6. The van der Waals surface area contributed by atoms with Crippen LogP contribution in [0.1, 0.15) is 103 Å². The highest BCUT2D eigenvalue weighted by Gasteiger charge is 2.52. The number of rotatable bonds is 20. The van der Waals surface area contributed by atoms with E-state index in [2.05, 4.69) is 30.3 Å². The number of aromatic nitrogens is 3. The second-order valence-corrected chi connectivity index (χ2v) is 28.5. The third-order valence-electron chi connectivity index (χ3n) is 18.2. The van der Waals surface area contributed by atoms with Crippen molar-refractivity contribution in [1.29, 1.82) is 0 Å². The Kier molecular flexibility index (Phi) is 25.7. The normalized spacial score (nSPS) is 19.8. The summed E-state index contributed by atoms with van der Waals surface area (Å²) in [7, 11) is 0. The van der Waals surface area contributed by atoms with Gasteiger partial charge in [0, 0.05) is 70.8 Å². The first kappa shape index (κ1) is 78.0. The van der Waals surface area contributed by atoms with Crippen molar-refractivity contribution >= 4 is 80.9 Å². The van der Waals surface area contributed by atoms with Gasteiger partial charge in [-0.3, -0.25) is 38.6 Å². The summed E-state index contributed by atoms with van der Waals surface area (Å²) >= 11 is 4.65. The Balaban J connectivity index is 0.000000182. The van der Waals surface area contributed by atoms with Gasteiger partial charge in [0.05, 0.1) is 91.2 Å². The zero-order valence-corrected chi connectivity index (χ0v) is 59.5. The molecular weight excluding hydrogens is 1400 g/mol. The number of aryl methyl sites for hydroxylation is 5. The number of aliphatic hydroxyl groups is 3. The van der Waals surface area contributed by atoms with Crippen molar-refractivity contribution in [1.82, 2.24) is 45.3 Å². The molecule has 0 radical (unpaired) electrons. The van der Waals surface area contributed by atoms with Crippen molar-refractivity contribution in [3.63, 3.8) is 0 Å². The van der Waals surface area contributed by atoms with Gasteiger partial charge in [0.1, 0.15) is 6.04 Å². The number of benzene rings is 4. The average molecular weight is 1480 g/mol. The third kappa shape index (κ3) is 19.2. The molecule has 0 spiro atoms. The maximum absolute atomic E-state index is 14.0. The Morgan fingerprint density at radius 1 is 0.621 bits per heavy atom. The number of aliphatic imine (C=N–C) groups is 1. The van der Waals surface area contributed by atoms with Crippen LogP contribution < -0.4 is 16.5 Å². The fourth-order valence-electron chi connectivity index (χ4n) is 12.9.